The summed E-state index contributed by atoms with van der Waals surface area (Å²) in [6.07, 6.45) is -4.56. The lowest BCUT2D eigenvalue weighted by atomic mass is 10.2. The molecule has 6 nitrogen and oxygen atoms in total. The van der Waals surface area contributed by atoms with E-state index in [2.05, 4.69) is 10.5 Å². The smallest absolute Gasteiger partial charge is 0.388 e. The van der Waals surface area contributed by atoms with Crippen LogP contribution in [0.5, 0.6) is 0 Å². The van der Waals surface area contributed by atoms with Gasteiger partial charge in [-0.15, -0.1) is 0 Å². The zero-order chi connectivity index (χ0) is 17.7. The topological polar surface area (TPSA) is 79.9 Å². The number of amides is 1. The number of rotatable bonds is 4. The number of hydrogen-bond acceptors (Lipinski definition) is 5. The summed E-state index contributed by atoms with van der Waals surface area (Å²) in [5, 5.41) is 3.71. The molecule has 0 aliphatic carbocycles. The first kappa shape index (κ1) is 18.1. The van der Waals surface area contributed by atoms with Crippen molar-refractivity contribution in [3.8, 4) is 0 Å². The molecule has 24 heavy (non-hydrogen) atoms. The van der Waals surface area contributed by atoms with Gasteiger partial charge in [0.2, 0.25) is 0 Å². The van der Waals surface area contributed by atoms with Gasteiger partial charge in [0.25, 0.3) is 5.91 Å². The van der Waals surface area contributed by atoms with E-state index < -0.39 is 17.6 Å². The number of nitrogens with one attached hydrogen (secondary N) is 1. The van der Waals surface area contributed by atoms with Crippen molar-refractivity contribution in [2.45, 2.75) is 6.18 Å². The van der Waals surface area contributed by atoms with Crippen molar-refractivity contribution in [1.82, 2.24) is 4.90 Å². The number of alkyl halides is 3. The van der Waals surface area contributed by atoms with E-state index in [0.29, 0.717) is 26.3 Å². The van der Waals surface area contributed by atoms with E-state index in [1.54, 1.807) is 0 Å². The number of nitrogens with two attached hydrogens (primary N) is 1. The molecule has 0 spiro atoms. The summed E-state index contributed by atoms with van der Waals surface area (Å²) in [6, 6.07) is 4.77. The molecule has 1 aliphatic heterocycles. The second-order valence-electron chi connectivity index (χ2n) is 4.88. The number of anilines is 1. The van der Waals surface area contributed by atoms with E-state index in [0.717, 1.165) is 6.07 Å². The van der Waals surface area contributed by atoms with Crippen molar-refractivity contribution in [1.29, 1.82) is 0 Å². The normalized spacial score (nSPS) is 16.0. The molecule has 130 valence electrons. The maximum atomic E-state index is 13.0. The van der Waals surface area contributed by atoms with Crippen LogP contribution in [0.1, 0.15) is 5.56 Å². The summed E-state index contributed by atoms with van der Waals surface area (Å²) in [6.45, 7) is 1.39. The van der Waals surface area contributed by atoms with Crippen LogP contribution in [0.3, 0.4) is 0 Å². The zero-order valence-corrected chi connectivity index (χ0v) is 13.3. The van der Waals surface area contributed by atoms with E-state index in [1.807, 2.05) is 0 Å². The molecule has 1 aliphatic rings. The molecule has 0 aromatic heterocycles. The number of ether oxygens (including phenoxy) is 1. The summed E-state index contributed by atoms with van der Waals surface area (Å²) in [4.78, 5) is 13.5. The molecular formula is C14H15F3N4O2S. The van der Waals surface area contributed by atoms with Gasteiger partial charge in [0.15, 0.2) is 5.71 Å². The lowest BCUT2D eigenvalue weighted by Gasteiger charge is -2.27. The van der Waals surface area contributed by atoms with Crippen molar-refractivity contribution in [3.63, 3.8) is 0 Å². The Morgan fingerprint density at radius 1 is 1.29 bits per heavy atom. The third-order valence-corrected chi connectivity index (χ3v) is 3.45. The first-order valence-electron chi connectivity index (χ1n) is 6.97. The third-order valence-electron chi connectivity index (χ3n) is 3.25. The number of hydrazone groups is 1. The predicted molar refractivity (Wildman–Crippen MR) is 86.7 cm³/mol. The van der Waals surface area contributed by atoms with Gasteiger partial charge in [-0.25, -0.2) is 0 Å². The number of halogens is 3. The average Bonchev–Trinajstić information content (AvgIpc) is 2.55. The van der Waals surface area contributed by atoms with E-state index in [1.165, 1.54) is 23.1 Å². The molecule has 1 amide bonds. The number of morpholine rings is 1. The number of nitrogens with zero attached hydrogens (tertiary/aromatic N) is 2. The summed E-state index contributed by atoms with van der Waals surface area (Å²) in [5.74, 6) is -0.553. The Kier molecular flexibility index (Phi) is 5.73. The average molecular weight is 360 g/mol. The van der Waals surface area contributed by atoms with E-state index in [4.69, 9.17) is 22.7 Å². The van der Waals surface area contributed by atoms with Gasteiger partial charge >= 0.3 is 6.18 Å². The molecule has 1 saturated heterocycles. The Balaban J connectivity index is 2.24. The number of para-hydroxylation sites is 1. The summed E-state index contributed by atoms with van der Waals surface area (Å²) >= 11 is 4.79. The van der Waals surface area contributed by atoms with Gasteiger partial charge in [0.05, 0.1) is 24.5 Å². The molecule has 1 fully saturated rings. The minimum atomic E-state index is -4.56. The number of carbonyl (C=O) groups is 1. The fourth-order valence-corrected chi connectivity index (χ4v) is 2.20. The Morgan fingerprint density at radius 3 is 2.50 bits per heavy atom. The van der Waals surface area contributed by atoms with Crippen LogP contribution in [0.25, 0.3) is 0 Å². The fraction of sp³-hybridized carbons (Fsp3) is 0.357. The third kappa shape index (κ3) is 4.42. The number of benzene rings is 1. The number of thiocarbonyl (C=S) groups is 1. The van der Waals surface area contributed by atoms with Crippen molar-refractivity contribution in [2.24, 2.45) is 10.8 Å². The van der Waals surface area contributed by atoms with Crippen LogP contribution in [0, 0.1) is 0 Å². The molecule has 0 unspecified atom stereocenters. The van der Waals surface area contributed by atoms with Crippen LogP contribution >= 0.6 is 12.2 Å². The molecular weight excluding hydrogens is 345 g/mol. The lowest BCUT2D eigenvalue weighted by Crippen LogP contribution is -2.47. The lowest BCUT2D eigenvalue weighted by molar-refractivity contribution is -0.137. The van der Waals surface area contributed by atoms with Crippen LogP contribution in [0.4, 0.5) is 18.9 Å². The zero-order valence-electron chi connectivity index (χ0n) is 12.5. The molecule has 1 heterocycles. The summed E-state index contributed by atoms with van der Waals surface area (Å²) in [7, 11) is 0. The van der Waals surface area contributed by atoms with Gasteiger partial charge in [-0.2, -0.15) is 18.3 Å². The van der Waals surface area contributed by atoms with Crippen LogP contribution in [-0.4, -0.2) is 47.8 Å². The predicted octanol–water partition coefficient (Wildman–Crippen LogP) is 1.62. The second-order valence-corrected chi connectivity index (χ2v) is 5.32. The Morgan fingerprint density at radius 2 is 1.92 bits per heavy atom. The van der Waals surface area contributed by atoms with Crippen molar-refractivity contribution in [3.05, 3.63) is 29.8 Å². The molecule has 0 saturated carbocycles. The maximum absolute atomic E-state index is 13.0. The minimum Gasteiger partial charge on any atom is -0.388 e. The van der Waals surface area contributed by atoms with Gasteiger partial charge in [0, 0.05) is 13.1 Å². The van der Waals surface area contributed by atoms with Crippen LogP contribution < -0.4 is 11.2 Å². The molecule has 10 heteroatoms. The van der Waals surface area contributed by atoms with Crippen molar-refractivity contribution in [2.75, 3.05) is 31.7 Å². The van der Waals surface area contributed by atoms with Gasteiger partial charge in [0.1, 0.15) is 4.99 Å². The standard InChI is InChI=1S/C14H15F3N4O2S/c15-14(16,17)9-3-1-2-4-10(9)19-20-11(12(18)24)13(22)21-5-7-23-8-6-21/h1-4,19H,5-8H2,(H2,18,24)/b20-11+. The van der Waals surface area contributed by atoms with E-state index >= 15 is 0 Å². The molecule has 3 N–H and O–H groups in total. The molecule has 1 aromatic rings. The quantitative estimate of drug-likeness (QED) is 0.485. The monoisotopic (exact) mass is 360 g/mol. The second kappa shape index (κ2) is 7.58. The number of carbonyl (C=O) groups excluding carboxylic acids is 1. The van der Waals surface area contributed by atoms with Gasteiger partial charge in [-0.1, -0.05) is 24.4 Å². The van der Waals surface area contributed by atoms with Crippen LogP contribution in [0.2, 0.25) is 0 Å². The largest absolute Gasteiger partial charge is 0.418 e. The van der Waals surface area contributed by atoms with Gasteiger partial charge < -0.3 is 15.4 Å². The van der Waals surface area contributed by atoms with Gasteiger partial charge in [-0.05, 0) is 12.1 Å². The summed E-state index contributed by atoms with van der Waals surface area (Å²) in [5.41, 5.74) is 6.23. The molecule has 2 rings (SSSR count). The van der Waals surface area contributed by atoms with E-state index in [-0.39, 0.29) is 16.4 Å². The minimum absolute atomic E-state index is 0.298. The number of hydrogen-bond donors (Lipinski definition) is 2. The highest BCUT2D eigenvalue weighted by Gasteiger charge is 2.33. The summed E-state index contributed by atoms with van der Waals surface area (Å²) < 4.78 is 44.0. The molecule has 0 bridgehead atoms. The highest BCUT2D eigenvalue weighted by molar-refractivity contribution is 7.82. The Labute approximate surface area is 141 Å². The SMILES string of the molecule is NC(=S)/C(=N\Nc1ccccc1C(F)(F)F)C(=O)N1CCOCC1. The molecule has 0 radical (unpaired) electrons. The van der Waals surface area contributed by atoms with Crippen LogP contribution in [-0.2, 0) is 15.7 Å². The molecule has 1 aromatic carbocycles. The Bertz CT molecular complexity index is 658. The molecule has 0 atom stereocenters. The van der Waals surface area contributed by atoms with Crippen molar-refractivity contribution < 1.29 is 22.7 Å². The van der Waals surface area contributed by atoms with Crippen LogP contribution in [0.15, 0.2) is 29.4 Å². The fourth-order valence-electron chi connectivity index (χ4n) is 2.07. The maximum Gasteiger partial charge on any atom is 0.418 e. The Hall–Kier alpha value is -2.20. The first-order valence-corrected chi connectivity index (χ1v) is 7.38. The first-order chi connectivity index (χ1) is 11.3. The van der Waals surface area contributed by atoms with Gasteiger partial charge in [-0.3, -0.25) is 10.2 Å². The van der Waals surface area contributed by atoms with Crippen molar-refractivity contribution >= 4 is 34.5 Å². The highest BCUT2D eigenvalue weighted by Crippen LogP contribution is 2.34. The van der Waals surface area contributed by atoms with E-state index in [9.17, 15) is 18.0 Å². The highest BCUT2D eigenvalue weighted by atomic mass is 32.1.